The molecule has 0 bridgehead atoms. The second-order valence-corrected chi connectivity index (χ2v) is 6.43. The van der Waals surface area contributed by atoms with Crippen LogP contribution in [0.25, 0.3) is 11.3 Å². The fourth-order valence-corrected chi connectivity index (χ4v) is 2.81. The highest BCUT2D eigenvalue weighted by atomic mass is 16.6. The van der Waals surface area contributed by atoms with Crippen molar-refractivity contribution in [2.75, 3.05) is 11.9 Å². The van der Waals surface area contributed by atoms with E-state index in [1.807, 2.05) is 38.1 Å². The molecule has 8 heteroatoms. The first kappa shape index (κ1) is 19.6. The highest BCUT2D eigenvalue weighted by molar-refractivity contribution is 5.92. The minimum Gasteiger partial charge on any atom is -0.484 e. The van der Waals surface area contributed by atoms with Crippen molar-refractivity contribution < 1.29 is 18.9 Å². The summed E-state index contributed by atoms with van der Waals surface area (Å²) < 4.78 is 11.1. The molecule has 0 saturated heterocycles. The molecule has 0 aliphatic heterocycles. The molecular weight excluding hydrogens is 374 g/mol. The van der Waals surface area contributed by atoms with Crippen molar-refractivity contribution in [1.29, 1.82) is 5.26 Å². The monoisotopic (exact) mass is 391 g/mol. The van der Waals surface area contributed by atoms with Gasteiger partial charge in [-0.25, -0.2) is 0 Å². The topological polar surface area (TPSA) is 118 Å². The van der Waals surface area contributed by atoms with Crippen molar-refractivity contribution in [2.45, 2.75) is 13.8 Å². The lowest BCUT2D eigenvalue weighted by Gasteiger charge is -2.08. The third-order valence-corrected chi connectivity index (χ3v) is 4.01. The summed E-state index contributed by atoms with van der Waals surface area (Å²) in [6.45, 7) is 3.59. The first-order chi connectivity index (χ1) is 13.9. The maximum atomic E-state index is 12.2. The quantitative estimate of drug-likeness (QED) is 0.492. The van der Waals surface area contributed by atoms with Crippen LogP contribution in [0.1, 0.15) is 16.7 Å². The summed E-state index contributed by atoms with van der Waals surface area (Å²) in [6, 6.07) is 14.8. The number of carbonyl (C=O) groups excluding carboxylic acids is 1. The van der Waals surface area contributed by atoms with E-state index in [4.69, 9.17) is 9.15 Å². The van der Waals surface area contributed by atoms with Gasteiger partial charge in [0.1, 0.15) is 23.1 Å². The molecule has 0 unspecified atom stereocenters. The number of hydrogen-bond donors (Lipinski definition) is 1. The lowest BCUT2D eigenvalue weighted by molar-refractivity contribution is -0.384. The minimum atomic E-state index is -0.523. The van der Waals surface area contributed by atoms with E-state index in [9.17, 15) is 20.2 Å². The number of amides is 1. The third-order valence-electron chi connectivity index (χ3n) is 4.01. The number of furan rings is 1. The Morgan fingerprint density at radius 3 is 2.59 bits per heavy atom. The van der Waals surface area contributed by atoms with Crippen molar-refractivity contribution in [3.8, 4) is 23.1 Å². The van der Waals surface area contributed by atoms with E-state index in [0.717, 1.165) is 11.1 Å². The summed E-state index contributed by atoms with van der Waals surface area (Å²) >= 11 is 0. The van der Waals surface area contributed by atoms with E-state index >= 15 is 0 Å². The fourth-order valence-electron chi connectivity index (χ4n) is 2.81. The second kappa shape index (κ2) is 8.27. The van der Waals surface area contributed by atoms with Gasteiger partial charge in [0.15, 0.2) is 6.61 Å². The van der Waals surface area contributed by atoms with Crippen LogP contribution < -0.4 is 10.1 Å². The number of nitrogens with zero attached hydrogens (tertiary/aromatic N) is 2. The van der Waals surface area contributed by atoms with Gasteiger partial charge in [0, 0.05) is 23.8 Å². The number of non-ortho nitro benzene ring substituents is 1. The molecule has 3 aromatic rings. The van der Waals surface area contributed by atoms with Crippen LogP contribution in [0.15, 0.2) is 52.9 Å². The van der Waals surface area contributed by atoms with Crippen LogP contribution in [0, 0.1) is 35.3 Å². The van der Waals surface area contributed by atoms with Gasteiger partial charge in [-0.2, -0.15) is 5.26 Å². The van der Waals surface area contributed by atoms with Crippen molar-refractivity contribution in [2.24, 2.45) is 0 Å². The number of nitro benzene ring substituents is 1. The SMILES string of the molecule is Cc1cc(C)cc(OCC(=O)Nc2oc(-c3cccc([N+](=O)[O-])c3)cc2C#N)c1. The van der Waals surface area contributed by atoms with Gasteiger partial charge in [-0.15, -0.1) is 0 Å². The molecule has 0 saturated carbocycles. The van der Waals surface area contributed by atoms with Crippen LogP contribution in [0.2, 0.25) is 0 Å². The van der Waals surface area contributed by atoms with Gasteiger partial charge in [-0.05, 0) is 37.1 Å². The highest BCUT2D eigenvalue weighted by Crippen LogP contribution is 2.30. The summed E-state index contributed by atoms with van der Waals surface area (Å²) in [5.74, 6) is 0.259. The van der Waals surface area contributed by atoms with Gasteiger partial charge >= 0.3 is 0 Å². The number of hydrogen-bond acceptors (Lipinski definition) is 6. The standard InChI is InChI=1S/C21H17N3O5/c1-13-6-14(2)8-18(7-13)28-12-20(25)23-21-16(11-22)10-19(29-21)15-4-3-5-17(9-15)24(26)27/h3-10H,12H2,1-2H3,(H,23,25). The molecule has 0 spiro atoms. The summed E-state index contributed by atoms with van der Waals surface area (Å²) in [7, 11) is 0. The van der Waals surface area contributed by atoms with Gasteiger partial charge < -0.3 is 9.15 Å². The van der Waals surface area contributed by atoms with Crippen molar-refractivity contribution in [3.05, 3.63) is 75.3 Å². The predicted octanol–water partition coefficient (Wildman–Crippen LogP) is 4.36. The minimum absolute atomic E-state index is 0.0389. The Bertz CT molecular complexity index is 1110. The highest BCUT2D eigenvalue weighted by Gasteiger charge is 2.17. The van der Waals surface area contributed by atoms with Crippen molar-refractivity contribution in [1.82, 2.24) is 0 Å². The molecule has 0 radical (unpaired) electrons. The predicted molar refractivity (Wildman–Crippen MR) is 106 cm³/mol. The zero-order valence-corrected chi connectivity index (χ0v) is 15.8. The Kier molecular flexibility index (Phi) is 5.60. The number of nitro groups is 1. The summed E-state index contributed by atoms with van der Waals surface area (Å²) in [5, 5.41) is 22.7. The molecule has 2 aromatic carbocycles. The molecule has 146 valence electrons. The smallest absolute Gasteiger partial charge is 0.270 e. The van der Waals surface area contributed by atoms with Crippen LogP contribution in [-0.4, -0.2) is 17.4 Å². The van der Waals surface area contributed by atoms with Crippen LogP contribution in [0.4, 0.5) is 11.6 Å². The normalized spacial score (nSPS) is 10.2. The zero-order valence-electron chi connectivity index (χ0n) is 15.8. The largest absolute Gasteiger partial charge is 0.484 e. The molecule has 0 atom stereocenters. The van der Waals surface area contributed by atoms with Crippen molar-refractivity contribution >= 4 is 17.5 Å². The van der Waals surface area contributed by atoms with Gasteiger partial charge in [0.25, 0.3) is 11.6 Å². The van der Waals surface area contributed by atoms with Crippen LogP contribution in [0.3, 0.4) is 0 Å². The molecule has 1 aromatic heterocycles. The van der Waals surface area contributed by atoms with Crippen LogP contribution in [-0.2, 0) is 4.79 Å². The van der Waals surface area contributed by atoms with Crippen molar-refractivity contribution in [3.63, 3.8) is 0 Å². The number of nitrogens with one attached hydrogen (secondary N) is 1. The summed E-state index contributed by atoms with van der Waals surface area (Å²) in [5.41, 5.74) is 2.44. The molecular formula is C21H17N3O5. The van der Waals surface area contributed by atoms with E-state index in [-0.39, 0.29) is 29.5 Å². The molecule has 0 aliphatic rings. The van der Waals surface area contributed by atoms with Crippen LogP contribution in [0.5, 0.6) is 5.75 Å². The van der Waals surface area contributed by atoms with E-state index in [2.05, 4.69) is 5.32 Å². The molecule has 0 fully saturated rings. The van der Waals surface area contributed by atoms with Gasteiger partial charge in [0.2, 0.25) is 5.88 Å². The maximum absolute atomic E-state index is 12.2. The Morgan fingerprint density at radius 1 is 1.21 bits per heavy atom. The molecule has 8 nitrogen and oxygen atoms in total. The molecule has 0 aliphatic carbocycles. The fraction of sp³-hybridized carbons (Fsp3) is 0.143. The average molecular weight is 391 g/mol. The number of anilines is 1. The number of benzene rings is 2. The lowest BCUT2D eigenvalue weighted by atomic mass is 10.1. The van der Waals surface area contributed by atoms with Gasteiger partial charge in [0.05, 0.1) is 4.92 Å². The Labute approximate surface area is 166 Å². The Morgan fingerprint density at radius 2 is 1.93 bits per heavy atom. The Hall–Kier alpha value is -4.12. The second-order valence-electron chi connectivity index (χ2n) is 6.43. The van der Waals surface area contributed by atoms with Crippen LogP contribution >= 0.6 is 0 Å². The molecule has 3 rings (SSSR count). The van der Waals surface area contributed by atoms with E-state index in [1.54, 1.807) is 6.07 Å². The van der Waals surface area contributed by atoms with Gasteiger partial charge in [-0.1, -0.05) is 18.2 Å². The zero-order chi connectivity index (χ0) is 21.0. The molecule has 29 heavy (non-hydrogen) atoms. The number of nitriles is 1. The van der Waals surface area contributed by atoms with E-state index in [1.165, 1.54) is 24.3 Å². The average Bonchev–Trinajstić information content (AvgIpc) is 3.08. The summed E-state index contributed by atoms with van der Waals surface area (Å²) in [6.07, 6.45) is 0. The maximum Gasteiger partial charge on any atom is 0.270 e. The number of ether oxygens (including phenoxy) is 1. The number of aryl methyl sites for hydroxylation is 2. The first-order valence-electron chi connectivity index (χ1n) is 8.65. The van der Waals surface area contributed by atoms with E-state index < -0.39 is 10.8 Å². The molecule has 1 amide bonds. The lowest BCUT2D eigenvalue weighted by Crippen LogP contribution is -2.20. The number of rotatable bonds is 6. The molecule has 1 N–H and O–H groups in total. The third kappa shape index (κ3) is 4.78. The number of carbonyl (C=O) groups is 1. The molecule has 1 heterocycles. The summed E-state index contributed by atoms with van der Waals surface area (Å²) in [4.78, 5) is 22.6. The first-order valence-corrected chi connectivity index (χ1v) is 8.65. The van der Waals surface area contributed by atoms with Gasteiger partial charge in [-0.3, -0.25) is 20.2 Å². The van der Waals surface area contributed by atoms with E-state index in [0.29, 0.717) is 11.3 Å². The Balaban J connectivity index is 1.74.